The number of amides is 2. The van der Waals surface area contributed by atoms with Crippen LogP contribution in [0.5, 0.6) is 0 Å². The van der Waals surface area contributed by atoms with Gasteiger partial charge >= 0.3 is 0 Å². The van der Waals surface area contributed by atoms with Gasteiger partial charge in [-0.3, -0.25) is 9.59 Å². The van der Waals surface area contributed by atoms with Crippen LogP contribution >= 0.6 is 11.6 Å². The number of rotatable bonds is 6. The molecule has 8 nitrogen and oxygen atoms in total. The Morgan fingerprint density at radius 1 is 1.06 bits per heavy atom. The fourth-order valence-corrected chi connectivity index (χ4v) is 3.01. The lowest BCUT2D eigenvalue weighted by Crippen LogP contribution is -2.48. The Morgan fingerprint density at radius 3 is 2.32 bits per heavy atom. The molecule has 0 unspecified atom stereocenters. The van der Waals surface area contributed by atoms with Crippen molar-refractivity contribution in [2.24, 2.45) is 0 Å². The molecule has 0 aliphatic rings. The topological polar surface area (TPSA) is 93.0 Å². The molecule has 9 heteroatoms. The molecule has 31 heavy (non-hydrogen) atoms. The largest absolute Gasteiger partial charge is 0.350 e. The zero-order valence-corrected chi connectivity index (χ0v) is 18.7. The van der Waals surface area contributed by atoms with Gasteiger partial charge in [-0.15, -0.1) is 10.2 Å². The van der Waals surface area contributed by atoms with E-state index in [1.54, 1.807) is 24.3 Å². The SMILES string of the molecule is Cc1ccc(-c2nnn(CC(=O)N(CC(=O)NC(C)(C)C)c3ccc(Cl)cc3)n2)cc1. The molecular formula is C22H25ClN6O2. The summed E-state index contributed by atoms with van der Waals surface area (Å²) < 4.78 is 0. The van der Waals surface area contributed by atoms with Gasteiger partial charge in [0.15, 0.2) is 0 Å². The Balaban J connectivity index is 1.78. The molecule has 3 aromatic rings. The second kappa shape index (κ2) is 9.26. The van der Waals surface area contributed by atoms with E-state index in [0.29, 0.717) is 16.5 Å². The van der Waals surface area contributed by atoms with E-state index in [4.69, 9.17) is 11.6 Å². The number of nitrogens with zero attached hydrogens (tertiary/aromatic N) is 5. The molecule has 0 radical (unpaired) electrons. The second-order valence-electron chi connectivity index (χ2n) is 8.26. The average molecular weight is 441 g/mol. The second-order valence-corrected chi connectivity index (χ2v) is 8.70. The van der Waals surface area contributed by atoms with Crippen molar-refractivity contribution >= 4 is 29.1 Å². The van der Waals surface area contributed by atoms with Crippen LogP contribution in [0.2, 0.25) is 5.02 Å². The Labute approximate surface area is 186 Å². The van der Waals surface area contributed by atoms with E-state index >= 15 is 0 Å². The third kappa shape index (κ3) is 6.36. The average Bonchev–Trinajstić information content (AvgIpc) is 3.14. The van der Waals surface area contributed by atoms with Gasteiger partial charge in [0.2, 0.25) is 11.7 Å². The first-order valence-electron chi connectivity index (χ1n) is 9.82. The summed E-state index contributed by atoms with van der Waals surface area (Å²) in [5.41, 5.74) is 2.07. The van der Waals surface area contributed by atoms with Gasteiger partial charge in [-0.05, 0) is 57.2 Å². The Kier molecular flexibility index (Phi) is 6.70. The molecule has 0 saturated heterocycles. The number of aromatic nitrogens is 4. The predicted molar refractivity (Wildman–Crippen MR) is 120 cm³/mol. The van der Waals surface area contributed by atoms with Crippen LogP contribution in [-0.4, -0.2) is 44.1 Å². The van der Waals surface area contributed by atoms with Crippen LogP contribution < -0.4 is 10.2 Å². The van der Waals surface area contributed by atoms with E-state index < -0.39 is 5.54 Å². The number of carbonyl (C=O) groups excluding carboxylic acids is 2. The maximum absolute atomic E-state index is 13.1. The van der Waals surface area contributed by atoms with Gasteiger partial charge in [0.25, 0.3) is 5.91 Å². The van der Waals surface area contributed by atoms with Crippen molar-refractivity contribution in [1.29, 1.82) is 0 Å². The minimum Gasteiger partial charge on any atom is -0.350 e. The summed E-state index contributed by atoms with van der Waals surface area (Å²) in [6.07, 6.45) is 0. The first-order chi connectivity index (χ1) is 14.6. The zero-order chi connectivity index (χ0) is 22.6. The first-order valence-corrected chi connectivity index (χ1v) is 10.2. The fraction of sp³-hybridized carbons (Fsp3) is 0.318. The summed E-state index contributed by atoms with van der Waals surface area (Å²) in [5.74, 6) is -0.196. The van der Waals surface area contributed by atoms with Crippen LogP contribution in [0.25, 0.3) is 11.4 Å². The van der Waals surface area contributed by atoms with Gasteiger partial charge in [-0.25, -0.2) is 0 Å². The lowest BCUT2D eigenvalue weighted by molar-refractivity contribution is -0.125. The maximum Gasteiger partial charge on any atom is 0.251 e. The fourth-order valence-electron chi connectivity index (χ4n) is 2.88. The summed E-state index contributed by atoms with van der Waals surface area (Å²) in [6.45, 7) is 7.33. The summed E-state index contributed by atoms with van der Waals surface area (Å²) in [5, 5.41) is 15.7. The molecule has 1 aromatic heterocycles. The number of hydrogen-bond donors (Lipinski definition) is 1. The molecule has 2 amide bonds. The predicted octanol–water partition coefficient (Wildman–Crippen LogP) is 3.25. The minimum atomic E-state index is -0.414. The Bertz CT molecular complexity index is 1050. The van der Waals surface area contributed by atoms with Crippen molar-refractivity contribution in [2.75, 3.05) is 11.4 Å². The van der Waals surface area contributed by atoms with E-state index in [2.05, 4.69) is 20.7 Å². The quantitative estimate of drug-likeness (QED) is 0.635. The van der Waals surface area contributed by atoms with Crippen LogP contribution in [-0.2, 0) is 16.1 Å². The van der Waals surface area contributed by atoms with Crippen LogP contribution in [0.15, 0.2) is 48.5 Å². The zero-order valence-electron chi connectivity index (χ0n) is 18.0. The van der Waals surface area contributed by atoms with Gasteiger partial charge < -0.3 is 10.2 Å². The van der Waals surface area contributed by atoms with E-state index in [9.17, 15) is 9.59 Å². The monoisotopic (exact) mass is 440 g/mol. The highest BCUT2D eigenvalue weighted by molar-refractivity contribution is 6.30. The van der Waals surface area contributed by atoms with Crippen LogP contribution in [0.3, 0.4) is 0 Å². The number of tetrazole rings is 1. The van der Waals surface area contributed by atoms with Crippen LogP contribution in [0.1, 0.15) is 26.3 Å². The highest BCUT2D eigenvalue weighted by atomic mass is 35.5. The molecule has 3 rings (SSSR count). The molecule has 0 bridgehead atoms. The third-order valence-electron chi connectivity index (χ3n) is 4.29. The number of benzene rings is 2. The van der Waals surface area contributed by atoms with E-state index in [1.807, 2.05) is 52.0 Å². The number of carbonyl (C=O) groups is 2. The molecule has 0 aliphatic carbocycles. The molecule has 1 heterocycles. The molecule has 0 atom stereocenters. The Morgan fingerprint density at radius 2 is 1.71 bits per heavy atom. The molecule has 0 fully saturated rings. The van der Waals surface area contributed by atoms with Gasteiger partial charge in [-0.2, -0.15) is 4.80 Å². The van der Waals surface area contributed by atoms with E-state index in [-0.39, 0.29) is 24.9 Å². The molecule has 1 N–H and O–H groups in total. The molecule has 0 aliphatic heterocycles. The van der Waals surface area contributed by atoms with Crippen LogP contribution in [0, 0.1) is 6.92 Å². The minimum absolute atomic E-state index is 0.142. The van der Waals surface area contributed by atoms with E-state index in [1.165, 1.54) is 9.70 Å². The molecular weight excluding hydrogens is 416 g/mol. The number of nitrogens with one attached hydrogen (secondary N) is 1. The number of hydrogen-bond acceptors (Lipinski definition) is 5. The highest BCUT2D eigenvalue weighted by Crippen LogP contribution is 2.19. The van der Waals surface area contributed by atoms with Gasteiger partial charge in [-0.1, -0.05) is 41.4 Å². The van der Waals surface area contributed by atoms with Gasteiger partial charge in [0.1, 0.15) is 13.1 Å². The summed E-state index contributed by atoms with van der Waals surface area (Å²) in [4.78, 5) is 28.2. The van der Waals surface area contributed by atoms with Crippen molar-refractivity contribution in [1.82, 2.24) is 25.5 Å². The van der Waals surface area contributed by atoms with Gasteiger partial charge in [0, 0.05) is 21.8 Å². The third-order valence-corrected chi connectivity index (χ3v) is 4.55. The lowest BCUT2D eigenvalue weighted by atomic mass is 10.1. The summed E-state index contributed by atoms with van der Waals surface area (Å²) in [7, 11) is 0. The maximum atomic E-state index is 13.1. The smallest absolute Gasteiger partial charge is 0.251 e. The summed E-state index contributed by atoms with van der Waals surface area (Å²) >= 11 is 5.97. The van der Waals surface area contributed by atoms with Crippen molar-refractivity contribution in [2.45, 2.75) is 39.8 Å². The highest BCUT2D eigenvalue weighted by Gasteiger charge is 2.23. The van der Waals surface area contributed by atoms with Crippen molar-refractivity contribution in [3.05, 3.63) is 59.1 Å². The van der Waals surface area contributed by atoms with E-state index in [0.717, 1.165) is 11.1 Å². The molecule has 0 spiro atoms. The van der Waals surface area contributed by atoms with Crippen molar-refractivity contribution in [3.8, 4) is 11.4 Å². The van der Waals surface area contributed by atoms with Crippen molar-refractivity contribution < 1.29 is 9.59 Å². The molecule has 0 saturated carbocycles. The van der Waals surface area contributed by atoms with Crippen LogP contribution in [0.4, 0.5) is 5.69 Å². The molecule has 2 aromatic carbocycles. The van der Waals surface area contributed by atoms with Crippen molar-refractivity contribution in [3.63, 3.8) is 0 Å². The summed E-state index contributed by atoms with van der Waals surface area (Å²) in [6, 6.07) is 14.4. The molecule has 162 valence electrons. The number of aryl methyl sites for hydroxylation is 1. The normalized spacial score (nSPS) is 11.3. The first kappa shape index (κ1) is 22.4. The number of halogens is 1. The van der Waals surface area contributed by atoms with Gasteiger partial charge in [0.05, 0.1) is 0 Å². The Hall–Kier alpha value is -3.26. The number of anilines is 1. The lowest BCUT2D eigenvalue weighted by Gasteiger charge is -2.26. The standard InChI is InChI=1S/C22H25ClN6O2/c1-15-5-7-16(8-6-15)21-25-27-29(26-21)14-20(31)28(13-19(30)24-22(2,3)4)18-11-9-17(23)10-12-18/h5-12H,13-14H2,1-4H3,(H,24,30).